The van der Waals surface area contributed by atoms with Crippen LogP contribution in [0.3, 0.4) is 0 Å². The van der Waals surface area contributed by atoms with Crippen LogP contribution in [0.15, 0.2) is 28.7 Å². The molecular formula is C17H22O3S. The highest BCUT2D eigenvalue weighted by Gasteiger charge is 2.45. The summed E-state index contributed by atoms with van der Waals surface area (Å²) in [6.07, 6.45) is 9.29. The summed E-state index contributed by atoms with van der Waals surface area (Å²) in [5, 5.41) is 14.2. The fraction of sp³-hybridized carbons (Fsp3) is 0.588. The quantitative estimate of drug-likeness (QED) is 0.839. The van der Waals surface area contributed by atoms with Gasteiger partial charge >= 0.3 is 5.97 Å². The predicted molar refractivity (Wildman–Crippen MR) is 83.4 cm³/mol. The zero-order valence-corrected chi connectivity index (χ0v) is 13.0. The molecule has 0 radical (unpaired) electrons. The number of aliphatic hydroxyl groups is 1. The highest BCUT2D eigenvalue weighted by Crippen LogP contribution is 2.43. The van der Waals surface area contributed by atoms with E-state index in [9.17, 15) is 9.90 Å². The summed E-state index contributed by atoms with van der Waals surface area (Å²) in [5.41, 5.74) is 0.790. The minimum absolute atomic E-state index is 0.183. The first kappa shape index (κ1) is 14.6. The SMILES string of the molecule is O=C1C=C(O)CC(CCc2ccsc2)(C2CCCCC2)O1. The van der Waals surface area contributed by atoms with E-state index in [1.54, 1.807) is 11.3 Å². The highest BCUT2D eigenvalue weighted by atomic mass is 32.1. The van der Waals surface area contributed by atoms with Crippen molar-refractivity contribution < 1.29 is 14.6 Å². The van der Waals surface area contributed by atoms with E-state index in [0.29, 0.717) is 12.3 Å². The summed E-state index contributed by atoms with van der Waals surface area (Å²) in [7, 11) is 0. The number of hydrogen-bond acceptors (Lipinski definition) is 4. The first-order valence-electron chi connectivity index (χ1n) is 7.81. The summed E-state index contributed by atoms with van der Waals surface area (Å²) >= 11 is 1.69. The number of aliphatic hydroxyl groups excluding tert-OH is 1. The lowest BCUT2D eigenvalue weighted by Crippen LogP contribution is -2.46. The predicted octanol–water partition coefficient (Wildman–Crippen LogP) is 4.39. The molecule has 0 saturated heterocycles. The Morgan fingerprint density at radius 3 is 2.81 bits per heavy atom. The second kappa shape index (κ2) is 6.22. The third-order valence-corrected chi connectivity index (χ3v) is 5.57. The zero-order chi connectivity index (χ0) is 14.7. The lowest BCUT2D eigenvalue weighted by atomic mass is 9.71. The molecule has 1 aliphatic carbocycles. The van der Waals surface area contributed by atoms with E-state index in [1.165, 1.54) is 30.9 Å². The maximum atomic E-state index is 11.8. The molecule has 1 atom stereocenters. The molecule has 1 aromatic rings. The maximum absolute atomic E-state index is 11.8. The standard InChI is InChI=1S/C17H22O3S/c18-15-10-16(19)20-17(11-15,14-4-2-1-3-5-14)8-6-13-7-9-21-12-13/h7,9-10,12,14,18H,1-6,8,11H2. The lowest BCUT2D eigenvalue weighted by molar-refractivity contribution is -0.167. The van der Waals surface area contributed by atoms with Gasteiger partial charge < -0.3 is 9.84 Å². The largest absolute Gasteiger partial charge is 0.512 e. The molecule has 0 bridgehead atoms. The van der Waals surface area contributed by atoms with Crippen molar-refractivity contribution in [3.8, 4) is 0 Å². The fourth-order valence-electron chi connectivity index (χ4n) is 3.75. The van der Waals surface area contributed by atoms with Crippen molar-refractivity contribution in [3.63, 3.8) is 0 Å². The number of rotatable bonds is 4. The molecule has 2 aliphatic rings. The first-order valence-corrected chi connectivity index (χ1v) is 8.76. The molecule has 21 heavy (non-hydrogen) atoms. The minimum atomic E-state index is -0.502. The molecule has 3 rings (SSSR count). The van der Waals surface area contributed by atoms with Crippen LogP contribution in [0, 0.1) is 5.92 Å². The molecule has 2 heterocycles. The first-order chi connectivity index (χ1) is 10.2. The molecule has 3 nitrogen and oxygen atoms in total. The third-order valence-electron chi connectivity index (χ3n) is 4.83. The van der Waals surface area contributed by atoms with Gasteiger partial charge in [-0.15, -0.1) is 0 Å². The van der Waals surface area contributed by atoms with Crippen molar-refractivity contribution >= 4 is 17.3 Å². The van der Waals surface area contributed by atoms with Crippen molar-refractivity contribution in [3.05, 3.63) is 34.2 Å². The molecule has 1 aromatic heterocycles. The lowest BCUT2D eigenvalue weighted by Gasteiger charge is -2.43. The van der Waals surface area contributed by atoms with Crippen LogP contribution >= 0.6 is 11.3 Å². The van der Waals surface area contributed by atoms with Gasteiger partial charge in [-0.25, -0.2) is 4.79 Å². The van der Waals surface area contributed by atoms with E-state index in [-0.39, 0.29) is 11.7 Å². The van der Waals surface area contributed by atoms with Crippen molar-refractivity contribution in [2.24, 2.45) is 5.92 Å². The van der Waals surface area contributed by atoms with Crippen molar-refractivity contribution in [2.75, 3.05) is 0 Å². The zero-order valence-electron chi connectivity index (χ0n) is 12.2. The summed E-state index contributed by atoms with van der Waals surface area (Å²) in [6, 6.07) is 2.12. The number of cyclic esters (lactones) is 1. The number of carbonyl (C=O) groups excluding carboxylic acids is 1. The number of carbonyl (C=O) groups is 1. The van der Waals surface area contributed by atoms with Gasteiger partial charge in [0.1, 0.15) is 11.4 Å². The monoisotopic (exact) mass is 306 g/mol. The Morgan fingerprint density at radius 2 is 2.14 bits per heavy atom. The second-order valence-electron chi connectivity index (χ2n) is 6.26. The van der Waals surface area contributed by atoms with Crippen LogP contribution in [-0.4, -0.2) is 16.7 Å². The Balaban J connectivity index is 1.79. The average molecular weight is 306 g/mol. The molecule has 114 valence electrons. The van der Waals surface area contributed by atoms with Crippen molar-refractivity contribution in [2.45, 2.75) is 57.0 Å². The van der Waals surface area contributed by atoms with E-state index in [0.717, 1.165) is 25.7 Å². The molecule has 0 aromatic carbocycles. The van der Waals surface area contributed by atoms with Crippen LogP contribution in [0.4, 0.5) is 0 Å². The van der Waals surface area contributed by atoms with Gasteiger partial charge in [0.05, 0.1) is 6.08 Å². The average Bonchev–Trinajstić information content (AvgIpc) is 2.98. The molecular weight excluding hydrogens is 284 g/mol. The molecule has 4 heteroatoms. The molecule has 1 N–H and O–H groups in total. The van der Waals surface area contributed by atoms with Crippen LogP contribution in [-0.2, 0) is 16.0 Å². The van der Waals surface area contributed by atoms with E-state index < -0.39 is 5.60 Å². The Bertz CT molecular complexity index is 514. The Hall–Kier alpha value is -1.29. The number of esters is 1. The van der Waals surface area contributed by atoms with Crippen LogP contribution in [0.1, 0.15) is 50.5 Å². The van der Waals surface area contributed by atoms with Crippen LogP contribution in [0.5, 0.6) is 0 Å². The molecule has 1 unspecified atom stereocenters. The highest BCUT2D eigenvalue weighted by molar-refractivity contribution is 7.07. The topological polar surface area (TPSA) is 46.5 Å². The second-order valence-corrected chi connectivity index (χ2v) is 7.04. The smallest absolute Gasteiger partial charge is 0.334 e. The maximum Gasteiger partial charge on any atom is 0.334 e. The Kier molecular flexibility index (Phi) is 4.34. The van der Waals surface area contributed by atoms with E-state index in [2.05, 4.69) is 16.8 Å². The van der Waals surface area contributed by atoms with Crippen LogP contribution in [0.25, 0.3) is 0 Å². The van der Waals surface area contributed by atoms with E-state index in [4.69, 9.17) is 4.74 Å². The van der Waals surface area contributed by atoms with Gasteiger partial charge in [-0.1, -0.05) is 19.3 Å². The molecule has 1 fully saturated rings. The van der Waals surface area contributed by atoms with Gasteiger partial charge in [-0.05, 0) is 54.0 Å². The molecule has 1 saturated carbocycles. The van der Waals surface area contributed by atoms with E-state index in [1.807, 2.05) is 0 Å². The minimum Gasteiger partial charge on any atom is -0.512 e. The van der Waals surface area contributed by atoms with Crippen LogP contribution in [0.2, 0.25) is 0 Å². The van der Waals surface area contributed by atoms with Crippen LogP contribution < -0.4 is 0 Å². The number of thiophene rings is 1. The fourth-order valence-corrected chi connectivity index (χ4v) is 4.45. The summed E-state index contributed by atoms with van der Waals surface area (Å²) < 4.78 is 5.81. The number of hydrogen-bond donors (Lipinski definition) is 1. The normalized spacial score (nSPS) is 27.2. The van der Waals surface area contributed by atoms with Crippen molar-refractivity contribution in [1.29, 1.82) is 0 Å². The van der Waals surface area contributed by atoms with Crippen molar-refractivity contribution in [1.82, 2.24) is 0 Å². The molecule has 1 aliphatic heterocycles. The summed E-state index contributed by atoms with van der Waals surface area (Å²) in [6.45, 7) is 0. The van der Waals surface area contributed by atoms with Gasteiger partial charge in [0.2, 0.25) is 0 Å². The molecule has 0 amide bonds. The summed E-state index contributed by atoms with van der Waals surface area (Å²) in [4.78, 5) is 11.8. The number of ether oxygens (including phenoxy) is 1. The van der Waals surface area contributed by atoms with Gasteiger partial charge in [-0.3, -0.25) is 0 Å². The third kappa shape index (κ3) is 3.31. The molecule has 0 spiro atoms. The number of aryl methyl sites for hydroxylation is 1. The van der Waals surface area contributed by atoms with Gasteiger partial charge in [0, 0.05) is 6.42 Å². The Labute approximate surface area is 129 Å². The van der Waals surface area contributed by atoms with Gasteiger partial charge in [-0.2, -0.15) is 11.3 Å². The summed E-state index contributed by atoms with van der Waals surface area (Å²) in [5.74, 6) is 0.182. The Morgan fingerprint density at radius 1 is 1.33 bits per heavy atom. The van der Waals surface area contributed by atoms with Gasteiger partial charge in [0.25, 0.3) is 0 Å². The van der Waals surface area contributed by atoms with E-state index >= 15 is 0 Å². The van der Waals surface area contributed by atoms with Gasteiger partial charge in [0.15, 0.2) is 0 Å².